The summed E-state index contributed by atoms with van der Waals surface area (Å²) >= 11 is 0. The Hall–Kier alpha value is -2.04. The lowest BCUT2D eigenvalue weighted by molar-refractivity contribution is -0.122. The van der Waals surface area contributed by atoms with Crippen molar-refractivity contribution < 1.29 is 14.3 Å². The number of benzene rings is 1. The number of rotatable bonds is 3. The van der Waals surface area contributed by atoms with Crippen LogP contribution in [0, 0.1) is 5.92 Å². The minimum atomic E-state index is -0.750. The number of carbonyl (C=O) groups is 2. The molecule has 3 rings (SSSR count). The lowest BCUT2D eigenvalue weighted by Crippen LogP contribution is -2.46. The van der Waals surface area contributed by atoms with E-state index in [4.69, 9.17) is 4.74 Å². The number of nitrogens with one attached hydrogen (secondary N) is 1. The first kappa shape index (κ1) is 12.0. The third-order valence-electron chi connectivity index (χ3n) is 3.92. The van der Waals surface area contributed by atoms with Crippen LogP contribution in [0.2, 0.25) is 0 Å². The van der Waals surface area contributed by atoms with Gasteiger partial charge in [-0.1, -0.05) is 6.07 Å². The first-order valence-corrected chi connectivity index (χ1v) is 6.37. The zero-order chi connectivity index (χ0) is 13.6. The molecule has 0 radical (unpaired) electrons. The number of methoxy groups -OCH3 is 1. The molecule has 1 aliphatic carbocycles. The molecule has 1 atom stereocenters. The second kappa shape index (κ2) is 3.98. The number of urea groups is 1. The van der Waals surface area contributed by atoms with Crippen LogP contribution in [0.5, 0.6) is 5.75 Å². The zero-order valence-corrected chi connectivity index (χ0v) is 11.0. The number of amides is 3. The summed E-state index contributed by atoms with van der Waals surface area (Å²) in [6.07, 6.45) is 1.99. The van der Waals surface area contributed by atoms with Gasteiger partial charge in [0.15, 0.2) is 0 Å². The van der Waals surface area contributed by atoms with Gasteiger partial charge in [0.25, 0.3) is 5.91 Å². The second-order valence-corrected chi connectivity index (χ2v) is 5.25. The minimum Gasteiger partial charge on any atom is -0.497 e. The normalized spacial score (nSPS) is 26.5. The fraction of sp³-hybridized carbons (Fsp3) is 0.429. The summed E-state index contributed by atoms with van der Waals surface area (Å²) in [6, 6.07) is 6.62. The average Bonchev–Trinajstić information content (AvgIpc) is 3.20. The van der Waals surface area contributed by atoms with Gasteiger partial charge in [0.2, 0.25) is 0 Å². The molecular formula is C14H16N2O3. The number of nitrogens with zero attached hydrogens (tertiary/aromatic N) is 1. The van der Waals surface area contributed by atoms with Crippen molar-refractivity contribution in [3.63, 3.8) is 0 Å². The molecule has 1 heterocycles. The zero-order valence-electron chi connectivity index (χ0n) is 11.0. The number of carbonyl (C=O) groups excluding carboxylic acids is 2. The molecule has 100 valence electrons. The molecule has 3 amide bonds. The van der Waals surface area contributed by atoms with Gasteiger partial charge in [0.1, 0.15) is 11.3 Å². The van der Waals surface area contributed by atoms with Crippen molar-refractivity contribution in [2.75, 3.05) is 12.0 Å². The van der Waals surface area contributed by atoms with Crippen molar-refractivity contribution in [3.05, 3.63) is 24.3 Å². The van der Waals surface area contributed by atoms with E-state index in [0.29, 0.717) is 11.4 Å². The molecule has 0 aromatic heterocycles. The Morgan fingerprint density at radius 3 is 2.74 bits per heavy atom. The Kier molecular flexibility index (Phi) is 2.52. The van der Waals surface area contributed by atoms with Crippen molar-refractivity contribution in [1.82, 2.24) is 5.32 Å². The standard InChI is InChI=1S/C14H16N2O3/c1-14(9-6-7-9)12(17)16(13(18)15-14)10-4-3-5-11(8-10)19-2/h3-5,8-9H,6-7H2,1-2H3,(H,15,18). The molecule has 2 aliphatic rings. The Labute approximate surface area is 111 Å². The Morgan fingerprint density at radius 1 is 1.37 bits per heavy atom. The molecule has 0 bridgehead atoms. The summed E-state index contributed by atoms with van der Waals surface area (Å²) in [5.41, 5.74) is -0.202. The quantitative estimate of drug-likeness (QED) is 0.845. The van der Waals surface area contributed by atoms with E-state index in [1.54, 1.807) is 31.4 Å². The van der Waals surface area contributed by atoms with Gasteiger partial charge in [-0.3, -0.25) is 4.79 Å². The highest BCUT2D eigenvalue weighted by atomic mass is 16.5. The van der Waals surface area contributed by atoms with Crippen LogP contribution >= 0.6 is 0 Å². The van der Waals surface area contributed by atoms with E-state index in [9.17, 15) is 9.59 Å². The third-order valence-corrected chi connectivity index (χ3v) is 3.92. The predicted octanol–water partition coefficient (Wildman–Crippen LogP) is 1.92. The van der Waals surface area contributed by atoms with Gasteiger partial charge in [0, 0.05) is 6.07 Å². The largest absolute Gasteiger partial charge is 0.497 e. The third kappa shape index (κ3) is 1.77. The number of hydrogen-bond acceptors (Lipinski definition) is 3. The smallest absolute Gasteiger partial charge is 0.329 e. The highest BCUT2D eigenvalue weighted by Gasteiger charge is 2.56. The van der Waals surface area contributed by atoms with Crippen LogP contribution in [0.4, 0.5) is 10.5 Å². The number of imide groups is 1. The lowest BCUT2D eigenvalue weighted by Gasteiger charge is -2.21. The van der Waals surface area contributed by atoms with Crippen LogP contribution in [-0.2, 0) is 4.79 Å². The van der Waals surface area contributed by atoms with Crippen LogP contribution in [0.25, 0.3) is 0 Å². The first-order chi connectivity index (χ1) is 9.06. The minimum absolute atomic E-state index is 0.173. The Balaban J connectivity index is 1.96. The maximum absolute atomic E-state index is 12.5. The van der Waals surface area contributed by atoms with Crippen LogP contribution in [-0.4, -0.2) is 24.6 Å². The molecule has 0 spiro atoms. The molecule has 5 nitrogen and oxygen atoms in total. The summed E-state index contributed by atoms with van der Waals surface area (Å²) in [5.74, 6) is 0.714. The van der Waals surface area contributed by atoms with Gasteiger partial charge in [-0.05, 0) is 37.8 Å². The molecule has 1 aromatic carbocycles. The fourth-order valence-corrected chi connectivity index (χ4v) is 2.58. The highest BCUT2D eigenvalue weighted by molar-refractivity contribution is 6.23. The number of anilines is 1. The van der Waals surface area contributed by atoms with Crippen molar-refractivity contribution in [1.29, 1.82) is 0 Å². The summed E-state index contributed by atoms with van der Waals surface area (Å²) in [6.45, 7) is 1.81. The van der Waals surface area contributed by atoms with Crippen molar-refractivity contribution in [2.24, 2.45) is 5.92 Å². The molecule has 5 heteroatoms. The van der Waals surface area contributed by atoms with Gasteiger partial charge in [-0.2, -0.15) is 0 Å². The highest BCUT2D eigenvalue weighted by Crippen LogP contribution is 2.43. The lowest BCUT2D eigenvalue weighted by atomic mass is 9.96. The average molecular weight is 260 g/mol. The molecule has 1 saturated carbocycles. The molecule has 1 saturated heterocycles. The molecule has 2 fully saturated rings. The fourth-order valence-electron chi connectivity index (χ4n) is 2.58. The predicted molar refractivity (Wildman–Crippen MR) is 70.1 cm³/mol. The molecular weight excluding hydrogens is 244 g/mol. The van der Waals surface area contributed by atoms with Gasteiger partial charge >= 0.3 is 6.03 Å². The number of ether oxygens (including phenoxy) is 1. The summed E-state index contributed by atoms with van der Waals surface area (Å²) < 4.78 is 5.13. The first-order valence-electron chi connectivity index (χ1n) is 6.37. The van der Waals surface area contributed by atoms with Gasteiger partial charge in [-0.15, -0.1) is 0 Å². The number of hydrogen-bond donors (Lipinski definition) is 1. The molecule has 1 aromatic rings. The van der Waals surface area contributed by atoms with Crippen molar-refractivity contribution in [3.8, 4) is 5.75 Å². The monoisotopic (exact) mass is 260 g/mol. The van der Waals surface area contributed by atoms with Crippen molar-refractivity contribution >= 4 is 17.6 Å². The molecule has 1 unspecified atom stereocenters. The SMILES string of the molecule is COc1cccc(N2C(=O)NC(C)(C3CC3)C2=O)c1. The van der Waals surface area contributed by atoms with E-state index in [0.717, 1.165) is 12.8 Å². The molecule has 19 heavy (non-hydrogen) atoms. The van der Waals surface area contributed by atoms with Crippen LogP contribution < -0.4 is 15.0 Å². The summed E-state index contributed by atoms with van der Waals surface area (Å²) in [5, 5.41) is 2.82. The Morgan fingerprint density at radius 2 is 2.11 bits per heavy atom. The van der Waals surface area contributed by atoms with E-state index in [2.05, 4.69) is 5.32 Å². The van der Waals surface area contributed by atoms with E-state index >= 15 is 0 Å². The van der Waals surface area contributed by atoms with E-state index in [1.807, 2.05) is 6.92 Å². The van der Waals surface area contributed by atoms with Gasteiger partial charge in [-0.25, -0.2) is 9.69 Å². The topological polar surface area (TPSA) is 58.6 Å². The van der Waals surface area contributed by atoms with Crippen LogP contribution in [0.1, 0.15) is 19.8 Å². The van der Waals surface area contributed by atoms with Crippen LogP contribution in [0.3, 0.4) is 0 Å². The van der Waals surface area contributed by atoms with Crippen LogP contribution in [0.15, 0.2) is 24.3 Å². The van der Waals surface area contributed by atoms with E-state index < -0.39 is 5.54 Å². The van der Waals surface area contributed by atoms with Gasteiger partial charge < -0.3 is 10.1 Å². The maximum Gasteiger partial charge on any atom is 0.329 e. The summed E-state index contributed by atoms with van der Waals surface area (Å²) in [4.78, 5) is 25.8. The van der Waals surface area contributed by atoms with Gasteiger partial charge in [0.05, 0.1) is 12.8 Å². The Bertz CT molecular complexity index is 553. The van der Waals surface area contributed by atoms with Crippen molar-refractivity contribution in [2.45, 2.75) is 25.3 Å². The maximum atomic E-state index is 12.5. The van der Waals surface area contributed by atoms with E-state index in [1.165, 1.54) is 4.90 Å². The second-order valence-electron chi connectivity index (χ2n) is 5.25. The molecule has 1 N–H and O–H groups in total. The van der Waals surface area contributed by atoms with E-state index in [-0.39, 0.29) is 17.9 Å². The summed E-state index contributed by atoms with van der Waals surface area (Å²) in [7, 11) is 1.55. The molecule has 1 aliphatic heterocycles.